The summed E-state index contributed by atoms with van der Waals surface area (Å²) in [7, 11) is 3.76. The van der Waals surface area contributed by atoms with E-state index < -0.39 is 7.92 Å². The third kappa shape index (κ3) is 9.72. The van der Waals surface area contributed by atoms with E-state index in [0.29, 0.717) is 10.3 Å². The summed E-state index contributed by atoms with van der Waals surface area (Å²) < 4.78 is 0. The van der Waals surface area contributed by atoms with E-state index in [0.717, 1.165) is 0 Å². The summed E-state index contributed by atoms with van der Waals surface area (Å²) in [5.74, 6) is 0. The molecule has 0 atom stereocenters. The van der Waals surface area contributed by atoms with Crippen LogP contribution in [0, 0.1) is 7.43 Å². The first-order valence-corrected chi connectivity index (χ1v) is 12.8. The third-order valence-electron chi connectivity index (χ3n) is 3.78. The van der Waals surface area contributed by atoms with Crippen LogP contribution in [0.25, 0.3) is 11.1 Å². The van der Waals surface area contributed by atoms with Crippen molar-refractivity contribution in [3.63, 3.8) is 0 Å². The Morgan fingerprint density at radius 2 is 1.11 bits per heavy atom. The topological polar surface area (TPSA) is 0 Å². The molecular formula is C24H39ClPPd+. The zero-order valence-corrected chi connectivity index (χ0v) is 21.9. The van der Waals surface area contributed by atoms with Crippen LogP contribution in [0.2, 0.25) is 0 Å². The zero-order valence-electron chi connectivity index (χ0n) is 18.6. The summed E-state index contributed by atoms with van der Waals surface area (Å²) in [4.78, 5) is 0. The van der Waals surface area contributed by atoms with Crippen LogP contribution in [0.4, 0.5) is 0 Å². The molecule has 0 fully saturated rings. The van der Waals surface area contributed by atoms with E-state index in [1.54, 1.807) is 5.30 Å². The van der Waals surface area contributed by atoms with E-state index in [-0.39, 0.29) is 7.43 Å². The molecule has 0 radical (unpaired) electrons. The van der Waals surface area contributed by atoms with Gasteiger partial charge < -0.3 is 7.43 Å². The Labute approximate surface area is 185 Å². The Balaban J connectivity index is 0. The fourth-order valence-electron chi connectivity index (χ4n) is 3.50. The van der Waals surface area contributed by atoms with Crippen LogP contribution in [0.15, 0.2) is 54.6 Å². The molecule has 2 aromatic carbocycles. The SMILES string of the molecule is CC(C)(C)[PH+](c1ccccc1-c1ccccc1)C(C)(C)C.CCC.[CH3-].[Cl][Pd+]. The van der Waals surface area contributed by atoms with Gasteiger partial charge in [-0.15, -0.1) is 0 Å². The summed E-state index contributed by atoms with van der Waals surface area (Å²) in [6.45, 7) is 18.6. The first-order chi connectivity index (χ1) is 12.1. The number of hydrogen-bond donors (Lipinski definition) is 0. The minimum absolute atomic E-state index is 0. The molecule has 0 spiro atoms. The average Bonchev–Trinajstić information content (AvgIpc) is 2.56. The Hall–Kier alpha value is -0.178. The summed E-state index contributed by atoms with van der Waals surface area (Å²) in [5.41, 5.74) is 2.75. The first kappa shape index (κ1) is 29.0. The summed E-state index contributed by atoms with van der Waals surface area (Å²) in [5, 5.41) is 2.22. The second-order valence-corrected chi connectivity index (χ2v) is 12.8. The quantitative estimate of drug-likeness (QED) is 0.221. The Morgan fingerprint density at radius 3 is 1.52 bits per heavy atom. The Kier molecular flexibility index (Phi) is 15.0. The van der Waals surface area contributed by atoms with Crippen LogP contribution in [0.5, 0.6) is 0 Å². The molecule has 0 N–H and O–H groups in total. The van der Waals surface area contributed by atoms with Gasteiger partial charge in [0.25, 0.3) is 0 Å². The molecule has 0 saturated carbocycles. The number of hydrogen-bond acceptors (Lipinski definition) is 0. The van der Waals surface area contributed by atoms with Gasteiger partial charge in [-0.3, -0.25) is 0 Å². The van der Waals surface area contributed by atoms with Crippen molar-refractivity contribution in [2.75, 3.05) is 0 Å². The normalized spacial score (nSPS) is 10.8. The molecule has 0 heterocycles. The van der Waals surface area contributed by atoms with E-state index in [2.05, 4.69) is 138 Å². The molecule has 0 unspecified atom stereocenters. The van der Waals surface area contributed by atoms with E-state index in [1.165, 1.54) is 17.5 Å². The fourth-order valence-corrected chi connectivity index (χ4v) is 8.13. The third-order valence-corrected chi connectivity index (χ3v) is 7.76. The summed E-state index contributed by atoms with van der Waals surface area (Å²) >= 11 is 2.22. The predicted octanol–water partition coefficient (Wildman–Crippen LogP) is 8.34. The van der Waals surface area contributed by atoms with Gasteiger partial charge in [0.05, 0.1) is 10.3 Å². The average molecular weight is 500 g/mol. The maximum absolute atomic E-state index is 4.49. The van der Waals surface area contributed by atoms with Crippen molar-refractivity contribution in [2.24, 2.45) is 0 Å². The van der Waals surface area contributed by atoms with Crippen LogP contribution in [0.1, 0.15) is 61.8 Å². The molecular weight excluding hydrogens is 461 g/mol. The zero-order chi connectivity index (χ0) is 20.4. The second kappa shape index (κ2) is 13.9. The molecule has 2 aromatic rings. The molecule has 0 aromatic heterocycles. The first-order valence-electron chi connectivity index (χ1n) is 9.27. The van der Waals surface area contributed by atoms with Gasteiger partial charge in [0, 0.05) is 13.5 Å². The van der Waals surface area contributed by atoms with Crippen molar-refractivity contribution in [3.05, 3.63) is 62.0 Å². The van der Waals surface area contributed by atoms with Crippen LogP contribution in [-0.2, 0) is 18.2 Å². The molecule has 0 bridgehead atoms. The fraction of sp³-hybridized carbons (Fsp3) is 0.458. The number of rotatable bonds is 2. The molecule has 2 rings (SSSR count). The monoisotopic (exact) mass is 499 g/mol. The van der Waals surface area contributed by atoms with Gasteiger partial charge in [-0.1, -0.05) is 68.8 Å². The summed E-state index contributed by atoms with van der Waals surface area (Å²) in [6, 6.07) is 19.8. The molecule has 0 aliphatic rings. The van der Waals surface area contributed by atoms with Crippen LogP contribution in [0.3, 0.4) is 0 Å². The second-order valence-electron chi connectivity index (χ2n) is 8.49. The molecule has 156 valence electrons. The van der Waals surface area contributed by atoms with E-state index in [1.807, 2.05) is 0 Å². The molecule has 0 aliphatic carbocycles. The summed E-state index contributed by atoms with van der Waals surface area (Å²) in [6.07, 6.45) is 1.25. The van der Waals surface area contributed by atoms with E-state index >= 15 is 0 Å². The Morgan fingerprint density at radius 1 is 0.741 bits per heavy atom. The molecule has 0 amide bonds. The van der Waals surface area contributed by atoms with Gasteiger partial charge in [0.2, 0.25) is 0 Å². The van der Waals surface area contributed by atoms with Crippen LogP contribution < -0.4 is 5.30 Å². The van der Waals surface area contributed by atoms with Crippen molar-refractivity contribution in [1.29, 1.82) is 0 Å². The molecule has 3 heteroatoms. The molecule has 0 nitrogen and oxygen atoms in total. The van der Waals surface area contributed by atoms with Gasteiger partial charge in [0.15, 0.2) is 0 Å². The van der Waals surface area contributed by atoms with E-state index in [9.17, 15) is 0 Å². The van der Waals surface area contributed by atoms with Crippen molar-refractivity contribution >= 4 is 22.8 Å². The number of halogens is 1. The van der Waals surface area contributed by atoms with Crippen molar-refractivity contribution in [1.82, 2.24) is 0 Å². The minimum atomic E-state index is -0.730. The van der Waals surface area contributed by atoms with Gasteiger partial charge in [0.1, 0.15) is 5.30 Å². The van der Waals surface area contributed by atoms with Gasteiger partial charge in [-0.25, -0.2) is 0 Å². The predicted molar refractivity (Wildman–Crippen MR) is 128 cm³/mol. The Bertz CT molecular complexity index is 598. The standard InChI is InChI=1S/C20H27P.C3H8.CH3.ClH.Pd/c1-19(2,3)21(20(4,5)6)18-15-11-10-14-17(18)16-12-8-7-9-13-16;1-3-2;;;/h7-15H,1-6H3;3H2,1-2H3;1H3;1H;/q;;-1;;+2. The molecule has 27 heavy (non-hydrogen) atoms. The van der Waals surface area contributed by atoms with Crippen molar-refractivity contribution < 1.29 is 18.2 Å². The maximum atomic E-state index is 4.49. The van der Waals surface area contributed by atoms with Crippen LogP contribution in [-0.4, -0.2) is 10.3 Å². The van der Waals surface area contributed by atoms with Crippen LogP contribution >= 0.6 is 17.5 Å². The van der Waals surface area contributed by atoms with E-state index in [4.69, 9.17) is 0 Å². The van der Waals surface area contributed by atoms with Gasteiger partial charge >= 0.3 is 27.7 Å². The van der Waals surface area contributed by atoms with Gasteiger partial charge in [-0.2, -0.15) is 0 Å². The number of benzene rings is 2. The molecule has 0 saturated heterocycles. The van der Waals surface area contributed by atoms with Gasteiger partial charge in [-0.05, 0) is 53.2 Å². The van der Waals surface area contributed by atoms with Crippen molar-refractivity contribution in [2.45, 2.75) is 72.1 Å². The molecule has 0 aliphatic heterocycles. The van der Waals surface area contributed by atoms with Crippen molar-refractivity contribution in [3.8, 4) is 11.1 Å².